The van der Waals surface area contributed by atoms with Crippen LogP contribution in [0, 0.1) is 23.8 Å². The smallest absolute Gasteiger partial charge is 0.164 e. The average molecular weight is 853 g/mol. The molecule has 1 radical (unpaired) electrons. The third kappa shape index (κ3) is 7.29. The summed E-state index contributed by atoms with van der Waals surface area (Å²) in [5.74, 6) is 0.286. The Morgan fingerprint density at radius 1 is 0.878 bits per heavy atom. The number of hydrogen-bond donors (Lipinski definition) is 1. The standard InChI is InChI=1S/C28H22NOS.C15H28O2.Ir/c1-16-15-30-23-10-9-20-21-11-12-29-25(27(21)31-26(20)24(16)23)18-13-17-7-5-6-8-19(17)22(14-18)28(2,3)4;1-7-14(5,8-2)12(16)11-13(17)15(6,9-3)10-4;/h5-12,14-15H,1-4H3;11,16H,7-10H2,1-6H3;/q-1;;/b;12-11-;. The number of thiophene rings is 1. The van der Waals surface area contributed by atoms with E-state index in [9.17, 15) is 9.90 Å². The molecule has 0 saturated heterocycles. The van der Waals surface area contributed by atoms with Crippen molar-refractivity contribution in [3.05, 3.63) is 90.0 Å². The van der Waals surface area contributed by atoms with Gasteiger partial charge in [0.05, 0.1) is 6.26 Å². The van der Waals surface area contributed by atoms with E-state index >= 15 is 0 Å². The second-order valence-electron chi connectivity index (χ2n) is 14.7. The summed E-state index contributed by atoms with van der Waals surface area (Å²) >= 11 is 1.81. The van der Waals surface area contributed by atoms with Crippen LogP contribution in [0.25, 0.3) is 53.2 Å². The van der Waals surface area contributed by atoms with Crippen molar-refractivity contribution in [2.45, 2.75) is 100 Å². The first-order valence-corrected chi connectivity index (χ1v) is 18.1. The Morgan fingerprint density at radius 2 is 1.51 bits per heavy atom. The molecule has 0 unspecified atom stereocenters. The Kier molecular flexibility index (Phi) is 11.7. The number of allylic oxidation sites excluding steroid dienone is 2. The molecule has 0 fully saturated rings. The van der Waals surface area contributed by atoms with Gasteiger partial charge in [0.1, 0.15) is 11.3 Å². The van der Waals surface area contributed by atoms with Gasteiger partial charge < -0.3 is 9.52 Å². The van der Waals surface area contributed by atoms with E-state index in [1.54, 1.807) is 0 Å². The average Bonchev–Trinajstić information content (AvgIpc) is 3.66. The van der Waals surface area contributed by atoms with Crippen molar-refractivity contribution in [3.63, 3.8) is 0 Å². The van der Waals surface area contributed by atoms with Gasteiger partial charge in [-0.25, -0.2) is 0 Å². The SMILES string of the molecule is CCC(C)(CC)C(=O)/C=C(\O)C(C)(CC)CC.Cc1coc2ccc3c4ccnc(-c5[c-]c6ccccc6c(C(C)(C)C)c5)c4sc3c12.[Ir]. The van der Waals surface area contributed by atoms with E-state index in [-0.39, 0.29) is 47.9 Å². The van der Waals surface area contributed by atoms with Gasteiger partial charge in [-0.3, -0.25) is 9.78 Å². The van der Waals surface area contributed by atoms with Gasteiger partial charge in [0.15, 0.2) is 5.78 Å². The molecule has 0 aliphatic heterocycles. The number of carbonyl (C=O) groups is 1. The van der Waals surface area contributed by atoms with E-state index in [4.69, 9.17) is 9.40 Å². The second kappa shape index (κ2) is 14.9. The predicted molar refractivity (Wildman–Crippen MR) is 205 cm³/mol. The van der Waals surface area contributed by atoms with Crippen LogP contribution in [0.2, 0.25) is 0 Å². The molecule has 261 valence electrons. The molecule has 3 heterocycles. The summed E-state index contributed by atoms with van der Waals surface area (Å²) in [6, 6.07) is 20.9. The van der Waals surface area contributed by atoms with E-state index in [0.717, 1.165) is 47.9 Å². The molecule has 0 saturated carbocycles. The van der Waals surface area contributed by atoms with E-state index in [2.05, 4.69) is 82.3 Å². The maximum Gasteiger partial charge on any atom is 0.164 e. The van der Waals surface area contributed by atoms with E-state index < -0.39 is 0 Å². The molecule has 6 aromatic rings. The minimum Gasteiger partial charge on any atom is -0.512 e. The number of pyridine rings is 1. The third-order valence-corrected chi connectivity index (χ3v) is 12.0. The zero-order valence-electron chi connectivity index (χ0n) is 30.6. The molecule has 0 spiro atoms. The number of aliphatic hydroxyl groups excluding tert-OH is 1. The quantitative estimate of drug-likeness (QED) is 0.0941. The normalized spacial score (nSPS) is 12.7. The number of aliphatic hydroxyl groups is 1. The van der Waals surface area contributed by atoms with Crippen LogP contribution in [0.5, 0.6) is 0 Å². The first-order valence-electron chi connectivity index (χ1n) is 17.3. The first kappa shape index (κ1) is 38.5. The largest absolute Gasteiger partial charge is 0.512 e. The number of fused-ring (bicyclic) bond motifs is 6. The second-order valence-corrected chi connectivity index (χ2v) is 15.7. The molecule has 3 aromatic heterocycles. The van der Waals surface area contributed by atoms with Crippen LogP contribution in [0.3, 0.4) is 0 Å². The zero-order chi connectivity index (χ0) is 35.0. The molecule has 1 N–H and O–H groups in total. The van der Waals surface area contributed by atoms with Crippen molar-refractivity contribution in [2.75, 3.05) is 0 Å². The summed E-state index contributed by atoms with van der Waals surface area (Å²) in [7, 11) is 0. The van der Waals surface area contributed by atoms with Crippen LogP contribution in [0.15, 0.2) is 77.2 Å². The van der Waals surface area contributed by atoms with Gasteiger partial charge in [-0.05, 0) is 67.2 Å². The van der Waals surface area contributed by atoms with E-state index in [1.807, 2.05) is 65.3 Å². The fourth-order valence-corrected chi connectivity index (χ4v) is 7.69. The van der Waals surface area contributed by atoms with Crippen molar-refractivity contribution in [1.29, 1.82) is 0 Å². The van der Waals surface area contributed by atoms with Gasteiger partial charge in [0.25, 0.3) is 0 Å². The van der Waals surface area contributed by atoms with E-state index in [1.165, 1.54) is 48.1 Å². The number of benzene rings is 3. The van der Waals surface area contributed by atoms with Crippen LogP contribution in [-0.2, 0) is 30.3 Å². The van der Waals surface area contributed by atoms with Crippen LogP contribution < -0.4 is 0 Å². The van der Waals surface area contributed by atoms with Crippen molar-refractivity contribution in [3.8, 4) is 11.3 Å². The van der Waals surface area contributed by atoms with Crippen LogP contribution >= 0.6 is 11.3 Å². The molecular weight excluding hydrogens is 803 g/mol. The van der Waals surface area contributed by atoms with Crippen LogP contribution in [-0.4, -0.2) is 15.9 Å². The molecule has 0 bridgehead atoms. The van der Waals surface area contributed by atoms with Crippen LogP contribution in [0.1, 0.15) is 99.1 Å². The number of carbonyl (C=O) groups excluding carboxylic acids is 1. The molecular formula is C43H50IrNO3S-. The summed E-state index contributed by atoms with van der Waals surface area (Å²) in [4.78, 5) is 17.0. The van der Waals surface area contributed by atoms with Crippen LogP contribution in [0.4, 0.5) is 0 Å². The fourth-order valence-electron chi connectivity index (χ4n) is 6.28. The number of aromatic nitrogens is 1. The summed E-state index contributed by atoms with van der Waals surface area (Å²) in [5.41, 5.74) is 4.92. The number of rotatable bonds is 8. The molecule has 0 aliphatic rings. The Balaban J connectivity index is 0.000000260. The Labute approximate surface area is 309 Å². The molecule has 0 amide bonds. The topological polar surface area (TPSA) is 63.3 Å². The number of furan rings is 1. The van der Waals surface area contributed by atoms with Gasteiger partial charge in [-0.15, -0.1) is 40.5 Å². The molecule has 0 atom stereocenters. The molecule has 49 heavy (non-hydrogen) atoms. The molecule has 3 aromatic carbocycles. The minimum absolute atomic E-state index is 0. The Morgan fingerprint density at radius 3 is 2.14 bits per heavy atom. The number of hydrogen-bond acceptors (Lipinski definition) is 5. The van der Waals surface area contributed by atoms with E-state index in [0.29, 0.717) is 0 Å². The molecule has 0 aliphatic carbocycles. The van der Waals surface area contributed by atoms with Crippen molar-refractivity contribution >= 4 is 59.0 Å². The minimum atomic E-state index is -0.337. The molecule has 6 heteroatoms. The Bertz CT molecular complexity index is 2140. The summed E-state index contributed by atoms with van der Waals surface area (Å²) in [6.07, 6.45) is 8.53. The molecule has 6 rings (SSSR count). The maximum atomic E-state index is 12.2. The van der Waals surface area contributed by atoms with Crippen molar-refractivity contribution in [1.82, 2.24) is 4.98 Å². The third-order valence-electron chi connectivity index (χ3n) is 10.7. The monoisotopic (exact) mass is 853 g/mol. The molecule has 4 nitrogen and oxygen atoms in total. The van der Waals surface area contributed by atoms with Gasteiger partial charge in [0, 0.05) is 69.1 Å². The summed E-state index contributed by atoms with van der Waals surface area (Å²) in [5, 5.41) is 16.2. The van der Waals surface area contributed by atoms with Crippen molar-refractivity contribution < 1.29 is 34.4 Å². The van der Waals surface area contributed by atoms with Gasteiger partial charge in [0.2, 0.25) is 0 Å². The maximum absolute atomic E-state index is 12.2. The first-order chi connectivity index (χ1) is 22.7. The fraction of sp³-hybridized carbons (Fsp3) is 0.395. The van der Waals surface area contributed by atoms with Crippen molar-refractivity contribution in [2.24, 2.45) is 10.8 Å². The number of aryl methyl sites for hydroxylation is 1. The van der Waals surface area contributed by atoms with Gasteiger partial charge >= 0.3 is 0 Å². The van der Waals surface area contributed by atoms with Gasteiger partial charge in [-0.1, -0.05) is 91.5 Å². The number of ketones is 1. The summed E-state index contributed by atoms with van der Waals surface area (Å²) < 4.78 is 8.23. The zero-order valence-corrected chi connectivity index (χ0v) is 33.8. The Hall–Kier alpha value is -3.31. The predicted octanol–water partition coefficient (Wildman–Crippen LogP) is 13.1. The summed E-state index contributed by atoms with van der Waals surface area (Å²) in [6.45, 7) is 21.0. The van der Waals surface area contributed by atoms with Gasteiger partial charge in [-0.2, -0.15) is 0 Å². The number of nitrogens with zero attached hydrogens (tertiary/aromatic N) is 1.